The maximum atomic E-state index is 12.8. The second kappa shape index (κ2) is 9.05. The van der Waals surface area contributed by atoms with Crippen LogP contribution in [0.4, 0.5) is 11.4 Å². The van der Waals surface area contributed by atoms with Crippen molar-refractivity contribution in [2.75, 3.05) is 49.1 Å². The molecule has 1 unspecified atom stereocenters. The van der Waals surface area contributed by atoms with Gasteiger partial charge in [-0.15, -0.1) is 0 Å². The standard InChI is InChI=1S/C27H30N4O/c1-21-9-5-7-13-24(21)30-18-15-29(16-19-30)17-20-31-25-14-8-6-12-23(25)27(32)28-26(31)22-10-3-2-4-11-22/h2-14,26H,15-20H2,1H3,(H,28,32). The Labute approximate surface area is 190 Å². The number of benzene rings is 3. The molecule has 1 fully saturated rings. The summed E-state index contributed by atoms with van der Waals surface area (Å²) in [6.07, 6.45) is -0.146. The van der Waals surface area contributed by atoms with Gasteiger partial charge in [-0.3, -0.25) is 9.69 Å². The highest BCUT2D eigenvalue weighted by Crippen LogP contribution is 2.32. The van der Waals surface area contributed by atoms with E-state index in [2.05, 4.69) is 69.4 Å². The molecule has 164 valence electrons. The van der Waals surface area contributed by atoms with Gasteiger partial charge in [0.1, 0.15) is 6.17 Å². The van der Waals surface area contributed by atoms with Gasteiger partial charge in [0.05, 0.1) is 11.3 Å². The molecular weight excluding hydrogens is 396 g/mol. The van der Waals surface area contributed by atoms with E-state index in [1.54, 1.807) is 0 Å². The van der Waals surface area contributed by atoms with Gasteiger partial charge in [-0.05, 0) is 36.2 Å². The summed E-state index contributed by atoms with van der Waals surface area (Å²) in [4.78, 5) is 20.1. The van der Waals surface area contributed by atoms with Gasteiger partial charge in [0.25, 0.3) is 5.91 Å². The van der Waals surface area contributed by atoms with Crippen molar-refractivity contribution in [2.24, 2.45) is 0 Å². The average Bonchev–Trinajstić information content (AvgIpc) is 2.85. The molecule has 0 saturated carbocycles. The Bertz CT molecular complexity index is 1080. The monoisotopic (exact) mass is 426 g/mol. The molecule has 1 amide bonds. The van der Waals surface area contributed by atoms with E-state index in [-0.39, 0.29) is 12.1 Å². The van der Waals surface area contributed by atoms with Crippen molar-refractivity contribution in [2.45, 2.75) is 13.1 Å². The molecule has 0 aromatic heterocycles. The first kappa shape index (κ1) is 20.6. The number of rotatable bonds is 5. The smallest absolute Gasteiger partial charge is 0.255 e. The molecule has 1 saturated heterocycles. The fraction of sp³-hybridized carbons (Fsp3) is 0.296. The van der Waals surface area contributed by atoms with Crippen molar-refractivity contribution in [3.63, 3.8) is 0 Å². The molecule has 32 heavy (non-hydrogen) atoms. The molecule has 5 rings (SSSR count). The van der Waals surface area contributed by atoms with Crippen LogP contribution in [0.1, 0.15) is 27.7 Å². The summed E-state index contributed by atoms with van der Waals surface area (Å²) in [5.41, 5.74) is 5.57. The summed E-state index contributed by atoms with van der Waals surface area (Å²) in [6.45, 7) is 8.20. The zero-order valence-corrected chi connectivity index (χ0v) is 18.6. The SMILES string of the molecule is Cc1ccccc1N1CCN(CCN2c3ccccc3C(=O)NC2c2ccccc2)CC1. The second-order valence-corrected chi connectivity index (χ2v) is 8.61. The first-order valence-corrected chi connectivity index (χ1v) is 11.4. The normalized spacial score (nSPS) is 18.9. The molecule has 1 atom stereocenters. The van der Waals surface area contributed by atoms with Crippen LogP contribution in [0.25, 0.3) is 0 Å². The van der Waals surface area contributed by atoms with E-state index in [0.29, 0.717) is 0 Å². The molecule has 0 spiro atoms. The molecule has 3 aromatic carbocycles. The van der Waals surface area contributed by atoms with Crippen LogP contribution in [0.15, 0.2) is 78.9 Å². The molecule has 2 heterocycles. The quantitative estimate of drug-likeness (QED) is 0.668. The lowest BCUT2D eigenvalue weighted by Crippen LogP contribution is -2.52. The van der Waals surface area contributed by atoms with Crippen LogP contribution in [0.5, 0.6) is 0 Å². The van der Waals surface area contributed by atoms with Crippen LogP contribution in [-0.4, -0.2) is 50.1 Å². The lowest BCUT2D eigenvalue weighted by atomic mass is 10.0. The van der Waals surface area contributed by atoms with Gasteiger partial charge in [0, 0.05) is 45.0 Å². The summed E-state index contributed by atoms with van der Waals surface area (Å²) < 4.78 is 0. The third-order valence-corrected chi connectivity index (χ3v) is 6.64. The molecule has 0 aliphatic carbocycles. The minimum atomic E-state index is -0.146. The number of aryl methyl sites for hydroxylation is 1. The summed E-state index contributed by atoms with van der Waals surface area (Å²) >= 11 is 0. The fourth-order valence-corrected chi connectivity index (χ4v) is 4.86. The van der Waals surface area contributed by atoms with Gasteiger partial charge in [-0.1, -0.05) is 60.7 Å². The van der Waals surface area contributed by atoms with Gasteiger partial charge >= 0.3 is 0 Å². The van der Waals surface area contributed by atoms with Crippen LogP contribution in [0.3, 0.4) is 0 Å². The van der Waals surface area contributed by atoms with Gasteiger partial charge < -0.3 is 15.1 Å². The Balaban J connectivity index is 1.29. The molecule has 3 aromatic rings. The number of carbonyl (C=O) groups is 1. The second-order valence-electron chi connectivity index (χ2n) is 8.61. The molecule has 5 nitrogen and oxygen atoms in total. The van der Waals surface area contributed by atoms with Crippen molar-refractivity contribution < 1.29 is 4.79 Å². The summed E-state index contributed by atoms with van der Waals surface area (Å²) in [7, 11) is 0. The minimum Gasteiger partial charge on any atom is -0.369 e. The van der Waals surface area contributed by atoms with Crippen LogP contribution in [-0.2, 0) is 0 Å². The fourth-order valence-electron chi connectivity index (χ4n) is 4.86. The van der Waals surface area contributed by atoms with E-state index in [9.17, 15) is 4.79 Å². The van der Waals surface area contributed by atoms with E-state index in [1.165, 1.54) is 11.3 Å². The zero-order valence-electron chi connectivity index (χ0n) is 18.6. The first-order valence-electron chi connectivity index (χ1n) is 11.4. The molecule has 0 bridgehead atoms. The van der Waals surface area contributed by atoms with E-state index >= 15 is 0 Å². The average molecular weight is 427 g/mol. The molecule has 2 aliphatic heterocycles. The van der Waals surface area contributed by atoms with E-state index in [1.807, 2.05) is 36.4 Å². The van der Waals surface area contributed by atoms with Crippen molar-refractivity contribution in [3.8, 4) is 0 Å². The van der Waals surface area contributed by atoms with Crippen molar-refractivity contribution in [3.05, 3.63) is 95.6 Å². The largest absolute Gasteiger partial charge is 0.369 e. The Morgan fingerprint density at radius 3 is 2.19 bits per heavy atom. The third-order valence-electron chi connectivity index (χ3n) is 6.64. The van der Waals surface area contributed by atoms with E-state index in [4.69, 9.17) is 0 Å². The Kier molecular flexibility index (Phi) is 5.82. The predicted octanol–water partition coefficient (Wildman–Crippen LogP) is 4.07. The van der Waals surface area contributed by atoms with Crippen LogP contribution in [0.2, 0.25) is 0 Å². The molecule has 2 aliphatic rings. The first-order chi connectivity index (χ1) is 15.7. The number of anilines is 2. The zero-order chi connectivity index (χ0) is 21.9. The number of amides is 1. The number of nitrogens with one attached hydrogen (secondary N) is 1. The maximum absolute atomic E-state index is 12.8. The number of hydrogen-bond acceptors (Lipinski definition) is 4. The Morgan fingerprint density at radius 1 is 0.781 bits per heavy atom. The number of hydrogen-bond donors (Lipinski definition) is 1. The lowest BCUT2D eigenvalue weighted by molar-refractivity contribution is 0.0925. The van der Waals surface area contributed by atoms with Gasteiger partial charge in [0.2, 0.25) is 0 Å². The number of fused-ring (bicyclic) bond motifs is 1. The van der Waals surface area contributed by atoms with Gasteiger partial charge in [-0.25, -0.2) is 0 Å². The maximum Gasteiger partial charge on any atom is 0.255 e. The van der Waals surface area contributed by atoms with Crippen LogP contribution < -0.4 is 15.1 Å². The Morgan fingerprint density at radius 2 is 1.44 bits per heavy atom. The third kappa shape index (κ3) is 4.08. The van der Waals surface area contributed by atoms with E-state index in [0.717, 1.165) is 56.1 Å². The topological polar surface area (TPSA) is 38.8 Å². The van der Waals surface area contributed by atoms with E-state index < -0.39 is 0 Å². The summed E-state index contributed by atoms with van der Waals surface area (Å²) in [5, 5.41) is 3.22. The molecule has 5 heteroatoms. The van der Waals surface area contributed by atoms with Crippen LogP contribution in [0, 0.1) is 6.92 Å². The number of piperazine rings is 1. The highest BCUT2D eigenvalue weighted by atomic mass is 16.2. The van der Waals surface area contributed by atoms with Crippen LogP contribution >= 0.6 is 0 Å². The summed E-state index contributed by atoms with van der Waals surface area (Å²) in [5.74, 6) is -0.00227. The summed E-state index contributed by atoms with van der Waals surface area (Å²) in [6, 6.07) is 26.8. The highest BCUT2D eigenvalue weighted by molar-refractivity contribution is 6.02. The molecular formula is C27H30N4O. The van der Waals surface area contributed by atoms with Gasteiger partial charge in [-0.2, -0.15) is 0 Å². The van der Waals surface area contributed by atoms with Gasteiger partial charge in [0.15, 0.2) is 0 Å². The molecule has 0 radical (unpaired) electrons. The van der Waals surface area contributed by atoms with Crippen molar-refractivity contribution >= 4 is 17.3 Å². The molecule has 1 N–H and O–H groups in total. The van der Waals surface area contributed by atoms with Crippen molar-refractivity contribution in [1.82, 2.24) is 10.2 Å². The lowest BCUT2D eigenvalue weighted by Gasteiger charge is -2.42. The Hall–Kier alpha value is -3.31. The minimum absolute atomic E-state index is 0.00227. The van der Waals surface area contributed by atoms with Crippen molar-refractivity contribution in [1.29, 1.82) is 0 Å². The number of nitrogens with zero attached hydrogens (tertiary/aromatic N) is 3. The predicted molar refractivity (Wildman–Crippen MR) is 130 cm³/mol. The number of carbonyl (C=O) groups excluding carboxylic acids is 1. The highest BCUT2D eigenvalue weighted by Gasteiger charge is 2.31. The number of para-hydroxylation sites is 2.